The second-order valence-corrected chi connectivity index (χ2v) is 7.62. The zero-order valence-electron chi connectivity index (χ0n) is 13.5. The van der Waals surface area contributed by atoms with Crippen molar-refractivity contribution in [2.24, 2.45) is 5.92 Å². The van der Waals surface area contributed by atoms with Crippen molar-refractivity contribution in [2.75, 3.05) is 6.61 Å². The Balaban J connectivity index is 1.58. The number of hydrogen-bond acceptors (Lipinski definition) is 5. The summed E-state index contributed by atoms with van der Waals surface area (Å²) in [6.45, 7) is 2.61. The monoisotopic (exact) mass is 344 g/mol. The maximum Gasteiger partial charge on any atom is 0.271 e. The van der Waals surface area contributed by atoms with Crippen molar-refractivity contribution in [3.05, 3.63) is 45.4 Å². The lowest BCUT2D eigenvalue weighted by molar-refractivity contribution is 0.0234. The highest BCUT2D eigenvalue weighted by Crippen LogP contribution is 2.40. The van der Waals surface area contributed by atoms with Gasteiger partial charge in [-0.05, 0) is 48.9 Å². The third kappa shape index (κ3) is 2.91. The average molecular weight is 344 g/mol. The summed E-state index contributed by atoms with van der Waals surface area (Å²) in [6, 6.07) is 6.03. The second kappa shape index (κ2) is 6.18. The highest BCUT2D eigenvalue weighted by molar-refractivity contribution is 7.09. The molecule has 1 atom stereocenters. The number of nitrogens with zero attached hydrogens (tertiary/aromatic N) is 1. The van der Waals surface area contributed by atoms with Gasteiger partial charge in [0.1, 0.15) is 11.4 Å². The lowest BCUT2D eigenvalue weighted by atomic mass is 9.75. The van der Waals surface area contributed by atoms with Crippen LogP contribution in [0, 0.1) is 12.8 Å². The first-order valence-electron chi connectivity index (χ1n) is 8.27. The third-order valence-electron chi connectivity index (χ3n) is 4.83. The largest absolute Gasteiger partial charge is 0.493 e. The highest BCUT2D eigenvalue weighted by atomic mass is 32.1. The number of aryl methyl sites for hydroxylation is 1. The zero-order chi connectivity index (χ0) is 16.7. The molecule has 0 spiro atoms. The smallest absolute Gasteiger partial charge is 0.271 e. The van der Waals surface area contributed by atoms with Crippen LogP contribution >= 0.6 is 11.3 Å². The molecule has 24 heavy (non-hydrogen) atoms. The molecule has 0 unspecified atom stereocenters. The molecule has 2 N–H and O–H groups in total. The van der Waals surface area contributed by atoms with Gasteiger partial charge < -0.3 is 15.2 Å². The SMILES string of the molecule is Cc1nc(C(=O)N[C@H](c2ccc3c(c2)CCO3)C2CC(O)C2)cs1. The Labute approximate surface area is 144 Å². The number of aromatic nitrogens is 1. The number of thiazole rings is 1. The van der Waals surface area contributed by atoms with Gasteiger partial charge >= 0.3 is 0 Å². The molecule has 1 aromatic carbocycles. The predicted molar refractivity (Wildman–Crippen MR) is 91.4 cm³/mol. The average Bonchev–Trinajstić information content (AvgIpc) is 3.17. The van der Waals surface area contributed by atoms with E-state index < -0.39 is 0 Å². The van der Waals surface area contributed by atoms with Gasteiger partial charge in [0, 0.05) is 11.8 Å². The van der Waals surface area contributed by atoms with Gasteiger partial charge in [-0.25, -0.2) is 4.98 Å². The summed E-state index contributed by atoms with van der Waals surface area (Å²) in [5, 5.41) is 15.5. The molecule has 126 valence electrons. The molecule has 0 radical (unpaired) electrons. The molecule has 2 aromatic rings. The van der Waals surface area contributed by atoms with E-state index in [0.29, 0.717) is 18.5 Å². The molecule has 0 bridgehead atoms. The number of nitrogens with one attached hydrogen (secondary N) is 1. The molecule has 1 aliphatic heterocycles. The summed E-state index contributed by atoms with van der Waals surface area (Å²) in [6.07, 6.45) is 2.08. The maximum absolute atomic E-state index is 12.5. The fourth-order valence-electron chi connectivity index (χ4n) is 3.46. The first-order valence-corrected chi connectivity index (χ1v) is 9.15. The minimum Gasteiger partial charge on any atom is -0.493 e. The molecule has 1 aromatic heterocycles. The molecule has 2 heterocycles. The van der Waals surface area contributed by atoms with Gasteiger partial charge in [0.05, 0.1) is 23.8 Å². The first kappa shape index (κ1) is 15.6. The number of aliphatic hydroxyl groups is 1. The summed E-state index contributed by atoms with van der Waals surface area (Å²) >= 11 is 1.47. The van der Waals surface area contributed by atoms with Crippen LogP contribution in [0.25, 0.3) is 0 Å². The molecule has 4 rings (SSSR count). The van der Waals surface area contributed by atoms with E-state index >= 15 is 0 Å². The number of hydrogen-bond donors (Lipinski definition) is 2. The normalized spacial score (nSPS) is 23.1. The van der Waals surface area contributed by atoms with E-state index in [1.54, 1.807) is 5.38 Å². The van der Waals surface area contributed by atoms with Gasteiger partial charge in [-0.15, -0.1) is 11.3 Å². The van der Waals surface area contributed by atoms with Gasteiger partial charge in [-0.3, -0.25) is 4.79 Å². The number of fused-ring (bicyclic) bond motifs is 1. The van der Waals surface area contributed by atoms with Gasteiger partial charge in [0.2, 0.25) is 0 Å². The van der Waals surface area contributed by atoms with E-state index in [4.69, 9.17) is 4.74 Å². The molecule has 0 saturated heterocycles. The summed E-state index contributed by atoms with van der Waals surface area (Å²) < 4.78 is 5.57. The third-order valence-corrected chi connectivity index (χ3v) is 5.61. The number of aliphatic hydroxyl groups excluding tert-OH is 1. The Bertz CT molecular complexity index is 767. The molecule has 1 aliphatic carbocycles. The Morgan fingerprint density at radius 3 is 3.00 bits per heavy atom. The topological polar surface area (TPSA) is 71.5 Å². The lowest BCUT2D eigenvalue weighted by Crippen LogP contribution is -2.41. The molecule has 6 heteroatoms. The van der Waals surface area contributed by atoms with Crippen LogP contribution < -0.4 is 10.1 Å². The number of carbonyl (C=O) groups is 1. The van der Waals surface area contributed by atoms with E-state index in [1.807, 2.05) is 19.1 Å². The van der Waals surface area contributed by atoms with Crippen LogP contribution in [0.3, 0.4) is 0 Å². The van der Waals surface area contributed by atoms with Crippen LogP contribution in [0.1, 0.15) is 45.5 Å². The van der Waals surface area contributed by atoms with Crippen LogP contribution in [-0.2, 0) is 6.42 Å². The van der Waals surface area contributed by atoms with Crippen molar-refractivity contribution in [1.29, 1.82) is 0 Å². The van der Waals surface area contributed by atoms with Gasteiger partial charge in [0.15, 0.2) is 0 Å². The summed E-state index contributed by atoms with van der Waals surface area (Å²) in [7, 11) is 0. The Kier molecular flexibility index (Phi) is 4.02. The Morgan fingerprint density at radius 2 is 2.29 bits per heavy atom. The van der Waals surface area contributed by atoms with E-state index in [0.717, 1.165) is 29.3 Å². The highest BCUT2D eigenvalue weighted by Gasteiger charge is 2.36. The molecule has 2 aliphatic rings. The quantitative estimate of drug-likeness (QED) is 0.894. The summed E-state index contributed by atoms with van der Waals surface area (Å²) in [4.78, 5) is 16.8. The van der Waals surface area contributed by atoms with Crippen molar-refractivity contribution in [3.8, 4) is 5.75 Å². The molecule has 1 saturated carbocycles. The summed E-state index contributed by atoms with van der Waals surface area (Å²) in [5.74, 6) is 1.04. The van der Waals surface area contributed by atoms with Crippen molar-refractivity contribution < 1.29 is 14.6 Å². The maximum atomic E-state index is 12.5. The van der Waals surface area contributed by atoms with Gasteiger partial charge in [0.25, 0.3) is 5.91 Å². The van der Waals surface area contributed by atoms with E-state index in [2.05, 4.69) is 16.4 Å². The molecular weight excluding hydrogens is 324 g/mol. The van der Waals surface area contributed by atoms with Crippen molar-refractivity contribution in [1.82, 2.24) is 10.3 Å². The summed E-state index contributed by atoms with van der Waals surface area (Å²) in [5.41, 5.74) is 2.74. The fourth-order valence-corrected chi connectivity index (χ4v) is 4.05. The lowest BCUT2D eigenvalue weighted by Gasteiger charge is -2.38. The van der Waals surface area contributed by atoms with Crippen LogP contribution in [0.15, 0.2) is 23.6 Å². The number of rotatable bonds is 4. The molecule has 1 fully saturated rings. The second-order valence-electron chi connectivity index (χ2n) is 6.55. The minimum absolute atomic E-state index is 0.103. The van der Waals surface area contributed by atoms with Crippen LogP contribution in [0.4, 0.5) is 0 Å². The first-order chi connectivity index (χ1) is 11.6. The fraction of sp³-hybridized carbons (Fsp3) is 0.444. The van der Waals surface area contributed by atoms with Crippen molar-refractivity contribution in [2.45, 2.75) is 38.3 Å². The van der Waals surface area contributed by atoms with Crippen LogP contribution in [0.2, 0.25) is 0 Å². The molecular formula is C18H20N2O3S. The van der Waals surface area contributed by atoms with E-state index in [1.165, 1.54) is 16.9 Å². The Morgan fingerprint density at radius 1 is 1.46 bits per heavy atom. The number of ether oxygens (including phenoxy) is 1. The van der Waals surface area contributed by atoms with Gasteiger partial charge in [-0.1, -0.05) is 6.07 Å². The van der Waals surface area contributed by atoms with Crippen molar-refractivity contribution >= 4 is 17.2 Å². The Hall–Kier alpha value is -1.92. The van der Waals surface area contributed by atoms with Crippen LogP contribution in [0.5, 0.6) is 5.75 Å². The van der Waals surface area contributed by atoms with Crippen LogP contribution in [-0.4, -0.2) is 28.7 Å². The van der Waals surface area contributed by atoms with Crippen molar-refractivity contribution in [3.63, 3.8) is 0 Å². The standard InChI is InChI=1S/C18H20N2O3S/c1-10-19-15(9-24-10)18(22)20-17(13-7-14(21)8-13)12-2-3-16-11(6-12)4-5-23-16/h2-3,6,9,13-14,17,21H,4-5,7-8H2,1H3,(H,20,22)/t13?,14?,17-/m1/s1. The predicted octanol–water partition coefficient (Wildman–Crippen LogP) is 2.63. The zero-order valence-corrected chi connectivity index (χ0v) is 14.3. The number of carbonyl (C=O) groups excluding carboxylic acids is 1. The van der Waals surface area contributed by atoms with E-state index in [-0.39, 0.29) is 24.0 Å². The number of amides is 1. The molecule has 1 amide bonds. The number of benzene rings is 1. The van der Waals surface area contributed by atoms with Gasteiger partial charge in [-0.2, -0.15) is 0 Å². The molecule has 5 nitrogen and oxygen atoms in total. The minimum atomic E-state index is -0.256. The van der Waals surface area contributed by atoms with E-state index in [9.17, 15) is 9.90 Å².